The number of morpholine rings is 1. The number of nitrogens with zero attached hydrogens (tertiary/aromatic N) is 1. The zero-order valence-electron chi connectivity index (χ0n) is 9.49. The van der Waals surface area contributed by atoms with Crippen LogP contribution in [0.1, 0.15) is 6.42 Å². The van der Waals surface area contributed by atoms with E-state index < -0.39 is 0 Å². The van der Waals surface area contributed by atoms with Crippen LogP contribution in [-0.2, 0) is 14.3 Å². The van der Waals surface area contributed by atoms with Gasteiger partial charge in [0.05, 0.1) is 32.3 Å². The number of hydrogen-bond donors (Lipinski definition) is 1. The van der Waals surface area contributed by atoms with Crippen molar-refractivity contribution in [2.45, 2.75) is 12.5 Å². The maximum absolute atomic E-state index is 11.2. The number of nitrogens with one attached hydrogen (secondary N) is 1. The minimum Gasteiger partial charge on any atom is -0.378 e. The van der Waals surface area contributed by atoms with Crippen LogP contribution in [0.2, 0.25) is 0 Å². The molecule has 15 heavy (non-hydrogen) atoms. The number of amides is 1. The summed E-state index contributed by atoms with van der Waals surface area (Å²) in [7, 11) is 3.49. The lowest BCUT2D eigenvalue weighted by Gasteiger charge is -2.23. The van der Waals surface area contributed by atoms with Crippen molar-refractivity contribution in [3.63, 3.8) is 0 Å². The summed E-state index contributed by atoms with van der Waals surface area (Å²) in [5, 5.41) is 3.22. The third-order valence-electron chi connectivity index (χ3n) is 2.27. The molecule has 0 aromatic carbocycles. The number of carbonyl (C=O) groups excluding carboxylic acids is 1. The largest absolute Gasteiger partial charge is 0.378 e. The molecule has 0 radical (unpaired) electrons. The van der Waals surface area contributed by atoms with Gasteiger partial charge in [0.2, 0.25) is 5.91 Å². The van der Waals surface area contributed by atoms with E-state index in [1.807, 2.05) is 0 Å². The summed E-state index contributed by atoms with van der Waals surface area (Å²) < 4.78 is 10.8. The second-order valence-electron chi connectivity index (χ2n) is 3.81. The van der Waals surface area contributed by atoms with Gasteiger partial charge >= 0.3 is 0 Å². The molecule has 0 aliphatic carbocycles. The predicted molar refractivity (Wildman–Crippen MR) is 56.7 cm³/mol. The molecule has 88 valence electrons. The Labute approximate surface area is 90.7 Å². The molecule has 1 rings (SSSR count). The van der Waals surface area contributed by atoms with Gasteiger partial charge in [0.15, 0.2) is 0 Å². The fraction of sp³-hybridized carbons (Fsp3) is 0.900. The van der Waals surface area contributed by atoms with Gasteiger partial charge in [-0.05, 0) is 0 Å². The van der Waals surface area contributed by atoms with Crippen molar-refractivity contribution < 1.29 is 14.3 Å². The zero-order chi connectivity index (χ0) is 11.1. The summed E-state index contributed by atoms with van der Waals surface area (Å²) in [6, 6.07) is 0. The number of hydrogen-bond acceptors (Lipinski definition) is 4. The molecule has 5 heteroatoms. The molecule has 1 atom stereocenters. The Morgan fingerprint density at radius 3 is 3.00 bits per heavy atom. The zero-order valence-corrected chi connectivity index (χ0v) is 9.49. The average Bonchev–Trinajstić information content (AvgIpc) is 2.25. The number of carbonyl (C=O) groups is 1. The first-order valence-electron chi connectivity index (χ1n) is 5.30. The van der Waals surface area contributed by atoms with E-state index in [2.05, 4.69) is 5.32 Å². The molecule has 0 bridgehead atoms. The molecular weight excluding hydrogens is 196 g/mol. The van der Waals surface area contributed by atoms with Crippen molar-refractivity contribution in [1.29, 1.82) is 0 Å². The third kappa shape index (κ3) is 5.11. The highest BCUT2D eigenvalue weighted by Crippen LogP contribution is 1.97. The minimum atomic E-state index is 0.0951. The number of ether oxygens (including phenoxy) is 2. The minimum absolute atomic E-state index is 0.0951. The highest BCUT2D eigenvalue weighted by atomic mass is 16.5. The van der Waals surface area contributed by atoms with Crippen molar-refractivity contribution >= 4 is 5.91 Å². The van der Waals surface area contributed by atoms with Crippen LogP contribution >= 0.6 is 0 Å². The first-order valence-corrected chi connectivity index (χ1v) is 5.30. The van der Waals surface area contributed by atoms with E-state index in [-0.39, 0.29) is 12.0 Å². The van der Waals surface area contributed by atoms with Crippen molar-refractivity contribution in [3.8, 4) is 0 Å². The van der Waals surface area contributed by atoms with Gasteiger partial charge in [-0.3, -0.25) is 4.79 Å². The smallest absolute Gasteiger partial charge is 0.224 e. The average molecular weight is 216 g/mol. The van der Waals surface area contributed by atoms with Gasteiger partial charge in [-0.15, -0.1) is 0 Å². The van der Waals surface area contributed by atoms with Crippen LogP contribution in [0, 0.1) is 0 Å². The van der Waals surface area contributed by atoms with Crippen LogP contribution in [0.25, 0.3) is 0 Å². The van der Waals surface area contributed by atoms with Crippen LogP contribution < -0.4 is 5.32 Å². The summed E-state index contributed by atoms with van der Waals surface area (Å²) in [6.45, 7) is 3.52. The van der Waals surface area contributed by atoms with Crippen LogP contribution in [0.4, 0.5) is 0 Å². The molecule has 0 spiro atoms. The van der Waals surface area contributed by atoms with E-state index in [0.717, 1.165) is 19.7 Å². The lowest BCUT2D eigenvalue weighted by molar-refractivity contribution is -0.130. The normalized spacial score (nSPS) is 21.3. The molecule has 1 amide bonds. The molecule has 5 nitrogen and oxygen atoms in total. The van der Waals surface area contributed by atoms with Crippen molar-refractivity contribution in [3.05, 3.63) is 0 Å². The standard InChI is InChI=1S/C10H20N2O3/c1-12(2)10(13)3-5-14-8-9-7-11-4-6-15-9/h9,11H,3-8H2,1-2H3. The Bertz CT molecular complexity index is 191. The lowest BCUT2D eigenvalue weighted by Crippen LogP contribution is -2.41. The molecule has 0 aromatic rings. The van der Waals surface area contributed by atoms with E-state index in [1.165, 1.54) is 0 Å². The first-order chi connectivity index (χ1) is 7.20. The van der Waals surface area contributed by atoms with Crippen molar-refractivity contribution in [2.75, 3.05) is 47.0 Å². The van der Waals surface area contributed by atoms with Crippen LogP contribution in [-0.4, -0.2) is 63.9 Å². The summed E-state index contributed by atoms with van der Waals surface area (Å²) in [6.07, 6.45) is 0.570. The third-order valence-corrected chi connectivity index (χ3v) is 2.27. The Morgan fingerprint density at radius 2 is 2.40 bits per heavy atom. The van der Waals surface area contributed by atoms with E-state index in [1.54, 1.807) is 19.0 Å². The predicted octanol–water partition coefficient (Wildman–Crippen LogP) is -0.530. The quantitative estimate of drug-likeness (QED) is 0.628. The van der Waals surface area contributed by atoms with Gasteiger partial charge in [0.25, 0.3) is 0 Å². The molecule has 1 aliphatic heterocycles. The van der Waals surface area contributed by atoms with Gasteiger partial charge in [-0.2, -0.15) is 0 Å². The molecule has 1 saturated heterocycles. The highest BCUT2D eigenvalue weighted by molar-refractivity contribution is 5.75. The fourth-order valence-electron chi connectivity index (χ4n) is 1.32. The maximum Gasteiger partial charge on any atom is 0.224 e. The monoisotopic (exact) mass is 216 g/mol. The maximum atomic E-state index is 11.2. The lowest BCUT2D eigenvalue weighted by atomic mass is 10.3. The summed E-state index contributed by atoms with van der Waals surface area (Å²) in [4.78, 5) is 12.8. The SMILES string of the molecule is CN(C)C(=O)CCOCC1CNCCO1. The first kappa shape index (κ1) is 12.4. The molecule has 1 aliphatic rings. The van der Waals surface area contributed by atoms with Gasteiger partial charge in [0, 0.05) is 27.2 Å². The van der Waals surface area contributed by atoms with E-state index in [9.17, 15) is 4.79 Å². The Balaban J connectivity index is 1.98. The molecule has 0 aromatic heterocycles. The van der Waals surface area contributed by atoms with E-state index in [4.69, 9.17) is 9.47 Å². The summed E-state index contributed by atoms with van der Waals surface area (Å²) in [5.74, 6) is 0.0951. The van der Waals surface area contributed by atoms with Gasteiger partial charge < -0.3 is 19.7 Å². The van der Waals surface area contributed by atoms with Crippen molar-refractivity contribution in [2.24, 2.45) is 0 Å². The van der Waals surface area contributed by atoms with Crippen LogP contribution in [0.3, 0.4) is 0 Å². The Kier molecular flexibility index (Phi) is 5.60. The molecular formula is C10H20N2O3. The second kappa shape index (κ2) is 6.76. The van der Waals surface area contributed by atoms with Gasteiger partial charge in [-0.1, -0.05) is 0 Å². The highest BCUT2D eigenvalue weighted by Gasteiger charge is 2.13. The van der Waals surface area contributed by atoms with E-state index >= 15 is 0 Å². The topological polar surface area (TPSA) is 50.8 Å². The molecule has 1 N–H and O–H groups in total. The van der Waals surface area contributed by atoms with E-state index in [0.29, 0.717) is 19.6 Å². The molecule has 1 unspecified atom stereocenters. The van der Waals surface area contributed by atoms with Gasteiger partial charge in [0.1, 0.15) is 0 Å². The Morgan fingerprint density at radius 1 is 1.60 bits per heavy atom. The fourth-order valence-corrected chi connectivity index (χ4v) is 1.32. The molecule has 1 heterocycles. The summed E-state index contributed by atoms with van der Waals surface area (Å²) in [5.41, 5.74) is 0. The Hall–Kier alpha value is -0.650. The summed E-state index contributed by atoms with van der Waals surface area (Å²) >= 11 is 0. The van der Waals surface area contributed by atoms with Crippen LogP contribution in [0.15, 0.2) is 0 Å². The van der Waals surface area contributed by atoms with Gasteiger partial charge in [-0.25, -0.2) is 0 Å². The van der Waals surface area contributed by atoms with Crippen LogP contribution in [0.5, 0.6) is 0 Å². The molecule has 1 fully saturated rings. The van der Waals surface area contributed by atoms with Crippen molar-refractivity contribution in [1.82, 2.24) is 10.2 Å². The number of rotatable bonds is 5. The molecule has 0 saturated carbocycles. The second-order valence-corrected chi connectivity index (χ2v) is 3.81.